The van der Waals surface area contributed by atoms with Gasteiger partial charge in [0.15, 0.2) is 11.5 Å². The zero-order valence-electron chi connectivity index (χ0n) is 13.9. The van der Waals surface area contributed by atoms with Crippen LogP contribution in [0.2, 0.25) is 0 Å². The number of halogens is 2. The van der Waals surface area contributed by atoms with Gasteiger partial charge in [-0.3, -0.25) is 4.79 Å². The van der Waals surface area contributed by atoms with E-state index in [4.69, 9.17) is 21.1 Å². The zero-order chi connectivity index (χ0) is 18.2. The van der Waals surface area contributed by atoms with E-state index in [9.17, 15) is 4.79 Å². The van der Waals surface area contributed by atoms with Crippen molar-refractivity contribution in [1.82, 2.24) is 5.43 Å². The second-order valence-corrected chi connectivity index (χ2v) is 6.36. The molecule has 132 valence electrons. The van der Waals surface area contributed by atoms with E-state index in [0.29, 0.717) is 18.1 Å². The fourth-order valence-corrected chi connectivity index (χ4v) is 2.64. The molecule has 2 rings (SSSR count). The van der Waals surface area contributed by atoms with E-state index < -0.39 is 0 Å². The summed E-state index contributed by atoms with van der Waals surface area (Å²) in [5, 5.41) is 3.83. The van der Waals surface area contributed by atoms with Crippen LogP contribution in [0.5, 0.6) is 11.5 Å². The number of nitrogens with one attached hydrogen (secondary N) is 1. The summed E-state index contributed by atoms with van der Waals surface area (Å²) in [6.07, 6.45) is 1.50. The van der Waals surface area contributed by atoms with E-state index in [1.165, 1.54) is 11.8 Å². The summed E-state index contributed by atoms with van der Waals surface area (Å²) in [7, 11) is 1.57. The molecule has 2 aromatic carbocycles. The van der Waals surface area contributed by atoms with Crippen LogP contribution in [0.15, 0.2) is 46.0 Å². The minimum atomic E-state index is -0.373. The highest BCUT2D eigenvalue weighted by molar-refractivity contribution is 9.10. The highest BCUT2D eigenvalue weighted by Crippen LogP contribution is 2.36. The molecule has 0 spiro atoms. The van der Waals surface area contributed by atoms with Gasteiger partial charge in [-0.05, 0) is 46.1 Å². The van der Waals surface area contributed by atoms with Crippen molar-refractivity contribution in [3.8, 4) is 11.5 Å². The summed E-state index contributed by atoms with van der Waals surface area (Å²) in [4.78, 5) is 11.1. The number of hydrazone groups is 1. The molecule has 0 aromatic heterocycles. The second-order valence-electron chi connectivity index (χ2n) is 5.24. The first-order chi connectivity index (χ1) is 12.0. The van der Waals surface area contributed by atoms with Crippen molar-refractivity contribution in [3.05, 3.63) is 57.6 Å². The lowest BCUT2D eigenvalue weighted by Gasteiger charge is -2.13. The number of aryl methyl sites for hydroxylation is 1. The van der Waals surface area contributed by atoms with Gasteiger partial charge >= 0.3 is 0 Å². The largest absolute Gasteiger partial charge is 0.493 e. The molecule has 5 nitrogen and oxygen atoms in total. The highest BCUT2D eigenvalue weighted by atomic mass is 79.9. The number of benzene rings is 2. The van der Waals surface area contributed by atoms with Crippen molar-refractivity contribution in [2.75, 3.05) is 13.0 Å². The van der Waals surface area contributed by atoms with Crippen molar-refractivity contribution >= 4 is 39.7 Å². The van der Waals surface area contributed by atoms with Crippen LogP contribution in [-0.4, -0.2) is 25.1 Å². The molecule has 0 radical (unpaired) electrons. The van der Waals surface area contributed by atoms with Gasteiger partial charge in [-0.2, -0.15) is 5.10 Å². The average Bonchev–Trinajstić information content (AvgIpc) is 2.61. The smallest absolute Gasteiger partial charge is 0.254 e. The second kappa shape index (κ2) is 9.44. The molecule has 0 saturated heterocycles. The predicted molar refractivity (Wildman–Crippen MR) is 103 cm³/mol. The number of rotatable bonds is 7. The van der Waals surface area contributed by atoms with Crippen LogP contribution >= 0.6 is 27.5 Å². The fourth-order valence-electron chi connectivity index (χ4n) is 2.00. The van der Waals surface area contributed by atoms with Gasteiger partial charge in [0.25, 0.3) is 5.91 Å². The van der Waals surface area contributed by atoms with Gasteiger partial charge in [-0.25, -0.2) is 5.43 Å². The van der Waals surface area contributed by atoms with E-state index >= 15 is 0 Å². The van der Waals surface area contributed by atoms with Crippen LogP contribution in [-0.2, 0) is 11.4 Å². The van der Waals surface area contributed by atoms with Crippen LogP contribution in [0.4, 0.5) is 0 Å². The lowest BCUT2D eigenvalue weighted by Crippen LogP contribution is -2.18. The number of carbonyl (C=O) groups excluding carboxylic acids is 1. The first-order valence-electron chi connectivity index (χ1n) is 7.47. The Labute approximate surface area is 160 Å². The van der Waals surface area contributed by atoms with Gasteiger partial charge in [-0.15, -0.1) is 11.6 Å². The average molecular weight is 426 g/mol. The third kappa shape index (κ3) is 5.76. The van der Waals surface area contributed by atoms with Gasteiger partial charge in [0, 0.05) is 0 Å². The van der Waals surface area contributed by atoms with Crippen LogP contribution in [0, 0.1) is 6.92 Å². The van der Waals surface area contributed by atoms with E-state index in [0.717, 1.165) is 15.6 Å². The lowest BCUT2D eigenvalue weighted by molar-refractivity contribution is -0.118. The molecule has 0 aliphatic heterocycles. The molecule has 0 unspecified atom stereocenters. The van der Waals surface area contributed by atoms with Gasteiger partial charge in [0.2, 0.25) is 0 Å². The molecule has 25 heavy (non-hydrogen) atoms. The van der Waals surface area contributed by atoms with E-state index in [-0.39, 0.29) is 11.8 Å². The van der Waals surface area contributed by atoms with Gasteiger partial charge in [0.05, 0.1) is 17.8 Å². The molecule has 0 heterocycles. The molecule has 0 fully saturated rings. The number of amides is 1. The van der Waals surface area contributed by atoms with Crippen molar-refractivity contribution in [1.29, 1.82) is 0 Å². The maximum Gasteiger partial charge on any atom is 0.254 e. The Kier molecular flexibility index (Phi) is 7.28. The van der Waals surface area contributed by atoms with Crippen LogP contribution < -0.4 is 14.9 Å². The number of nitrogens with zero attached hydrogens (tertiary/aromatic N) is 1. The number of carbonyl (C=O) groups is 1. The fraction of sp³-hybridized carbons (Fsp3) is 0.222. The Morgan fingerprint density at radius 2 is 2.04 bits per heavy atom. The lowest BCUT2D eigenvalue weighted by atomic mass is 10.2. The minimum absolute atomic E-state index is 0.143. The zero-order valence-corrected chi connectivity index (χ0v) is 16.2. The number of alkyl halides is 1. The Morgan fingerprint density at radius 3 is 2.68 bits per heavy atom. The van der Waals surface area contributed by atoms with E-state index in [2.05, 4.69) is 26.5 Å². The van der Waals surface area contributed by atoms with Gasteiger partial charge in [-0.1, -0.05) is 29.8 Å². The number of ether oxygens (including phenoxy) is 2. The van der Waals surface area contributed by atoms with E-state index in [1.54, 1.807) is 13.2 Å². The highest BCUT2D eigenvalue weighted by Gasteiger charge is 2.11. The summed E-state index contributed by atoms with van der Waals surface area (Å²) < 4.78 is 12.0. The summed E-state index contributed by atoms with van der Waals surface area (Å²) in [6, 6.07) is 11.7. The van der Waals surface area contributed by atoms with Crippen molar-refractivity contribution in [2.45, 2.75) is 13.5 Å². The van der Waals surface area contributed by atoms with Crippen LogP contribution in [0.3, 0.4) is 0 Å². The Bertz CT molecular complexity index is 764. The van der Waals surface area contributed by atoms with E-state index in [1.807, 2.05) is 37.3 Å². The maximum atomic E-state index is 11.1. The predicted octanol–water partition coefficient (Wildman–Crippen LogP) is 4.03. The van der Waals surface area contributed by atoms with Crippen LogP contribution in [0.1, 0.15) is 16.7 Å². The Morgan fingerprint density at radius 1 is 1.32 bits per heavy atom. The molecule has 1 N–H and O–H groups in total. The monoisotopic (exact) mass is 424 g/mol. The van der Waals surface area contributed by atoms with Gasteiger partial charge in [0.1, 0.15) is 12.5 Å². The van der Waals surface area contributed by atoms with Gasteiger partial charge < -0.3 is 9.47 Å². The molecule has 0 atom stereocenters. The normalized spacial score (nSPS) is 10.7. The Balaban J connectivity index is 2.13. The summed E-state index contributed by atoms with van der Waals surface area (Å²) >= 11 is 8.87. The summed E-state index contributed by atoms with van der Waals surface area (Å²) in [6.45, 7) is 2.47. The molecular weight excluding hydrogens is 408 g/mol. The quantitative estimate of drug-likeness (QED) is 0.414. The Hall–Kier alpha value is -2.05. The molecule has 0 aliphatic rings. The topological polar surface area (TPSA) is 59.9 Å². The summed E-state index contributed by atoms with van der Waals surface area (Å²) in [5.74, 6) is 0.648. The molecule has 0 aliphatic carbocycles. The molecular formula is C18H18BrClN2O3. The molecule has 1 amide bonds. The van der Waals surface area contributed by atoms with Crippen molar-refractivity contribution in [2.24, 2.45) is 5.10 Å². The van der Waals surface area contributed by atoms with Crippen LogP contribution in [0.25, 0.3) is 0 Å². The number of hydrogen-bond donors (Lipinski definition) is 1. The van der Waals surface area contributed by atoms with Crippen molar-refractivity contribution in [3.63, 3.8) is 0 Å². The number of methoxy groups -OCH3 is 1. The summed E-state index contributed by atoms with van der Waals surface area (Å²) in [5.41, 5.74) is 5.32. The third-order valence-electron chi connectivity index (χ3n) is 3.28. The molecule has 0 saturated carbocycles. The molecule has 7 heteroatoms. The molecule has 2 aromatic rings. The minimum Gasteiger partial charge on any atom is -0.493 e. The third-order valence-corrected chi connectivity index (χ3v) is 4.11. The standard InChI is InChI=1S/C18H18BrClN2O3/c1-12-3-5-13(6-4-12)11-25-18-15(19)7-14(8-16(18)24-2)10-21-22-17(23)9-20/h3-8,10H,9,11H2,1-2H3,(H,22,23)/b21-10-. The first kappa shape index (κ1) is 19.3. The maximum absolute atomic E-state index is 11.1. The van der Waals surface area contributed by atoms with Crippen molar-refractivity contribution < 1.29 is 14.3 Å². The SMILES string of the molecule is COc1cc(/C=N\NC(=O)CCl)cc(Br)c1OCc1ccc(C)cc1. The number of hydrogen-bond acceptors (Lipinski definition) is 4. The molecule has 0 bridgehead atoms. The first-order valence-corrected chi connectivity index (χ1v) is 8.80.